The fourth-order valence-corrected chi connectivity index (χ4v) is 3.12. The van der Waals surface area contributed by atoms with Crippen LogP contribution in [-0.2, 0) is 5.72 Å². The highest BCUT2D eigenvalue weighted by atomic mass is 35.5. The highest BCUT2D eigenvalue weighted by molar-refractivity contribution is 7.80. The topological polar surface area (TPSA) is 56.0 Å². The van der Waals surface area contributed by atoms with Crippen molar-refractivity contribution < 1.29 is 5.11 Å². The molecule has 2 aromatic rings. The standard InChI is InChI=1S/C17H10Cl2N2OS/c18-12-5-1-10(2-6-12)15-14(9-20)16(23)21-17(15,22)11-3-7-13(19)8-4-11/h1-8,22H,(H,21,23). The Bertz CT molecular complexity index is 854. The molecule has 2 aromatic carbocycles. The largest absolute Gasteiger partial charge is 0.363 e. The number of nitrogens with zero attached hydrogens (tertiary/aromatic N) is 1. The molecule has 1 aliphatic rings. The molecule has 1 unspecified atom stereocenters. The van der Waals surface area contributed by atoms with Crippen molar-refractivity contribution in [1.82, 2.24) is 5.32 Å². The molecule has 3 nitrogen and oxygen atoms in total. The molecule has 1 aliphatic heterocycles. The van der Waals surface area contributed by atoms with Crippen LogP contribution in [0.5, 0.6) is 0 Å². The number of hydrogen-bond acceptors (Lipinski definition) is 3. The van der Waals surface area contributed by atoms with E-state index in [9.17, 15) is 10.4 Å². The third-order valence-corrected chi connectivity index (χ3v) is 4.45. The van der Waals surface area contributed by atoms with E-state index in [-0.39, 0.29) is 10.6 Å². The SMILES string of the molecule is N#CC1=C(c2ccc(Cl)cc2)C(O)(c2ccc(Cl)cc2)NC1=S. The summed E-state index contributed by atoms with van der Waals surface area (Å²) in [6.07, 6.45) is 0. The minimum Gasteiger partial charge on any atom is -0.363 e. The predicted octanol–water partition coefficient (Wildman–Crippen LogP) is 4.05. The molecule has 6 heteroatoms. The number of thiocarbonyl (C=S) groups is 1. The van der Waals surface area contributed by atoms with E-state index in [0.717, 1.165) is 0 Å². The molecule has 0 saturated carbocycles. The molecule has 0 aromatic heterocycles. The number of halogens is 2. The monoisotopic (exact) mass is 360 g/mol. The lowest BCUT2D eigenvalue weighted by Crippen LogP contribution is -2.40. The molecular formula is C17H10Cl2N2OS. The molecule has 1 atom stereocenters. The van der Waals surface area contributed by atoms with Crippen molar-refractivity contribution in [3.63, 3.8) is 0 Å². The second kappa shape index (κ2) is 5.95. The summed E-state index contributed by atoms with van der Waals surface area (Å²) < 4.78 is 0. The lowest BCUT2D eigenvalue weighted by atomic mass is 9.89. The van der Waals surface area contributed by atoms with Crippen LogP contribution in [0.2, 0.25) is 10.0 Å². The van der Waals surface area contributed by atoms with Crippen LogP contribution in [0.1, 0.15) is 11.1 Å². The first-order chi connectivity index (χ1) is 11.0. The second-order valence-electron chi connectivity index (χ2n) is 5.04. The van der Waals surface area contributed by atoms with Crippen LogP contribution in [0, 0.1) is 11.3 Å². The summed E-state index contributed by atoms with van der Waals surface area (Å²) in [6.45, 7) is 0. The van der Waals surface area contributed by atoms with E-state index in [1.165, 1.54) is 0 Å². The average molecular weight is 361 g/mol. The van der Waals surface area contributed by atoms with Gasteiger partial charge in [-0.05, 0) is 29.8 Å². The first kappa shape index (κ1) is 16.0. The minimum absolute atomic E-state index is 0.204. The lowest BCUT2D eigenvalue weighted by Gasteiger charge is -2.28. The van der Waals surface area contributed by atoms with Crippen LogP contribution < -0.4 is 5.32 Å². The van der Waals surface area contributed by atoms with E-state index in [1.54, 1.807) is 48.5 Å². The van der Waals surface area contributed by atoms with E-state index in [4.69, 9.17) is 35.4 Å². The van der Waals surface area contributed by atoms with Gasteiger partial charge in [0.2, 0.25) is 0 Å². The maximum atomic E-state index is 11.2. The van der Waals surface area contributed by atoms with Gasteiger partial charge in [-0.1, -0.05) is 59.7 Å². The van der Waals surface area contributed by atoms with Crippen LogP contribution in [0.3, 0.4) is 0 Å². The van der Waals surface area contributed by atoms with E-state index in [1.807, 2.05) is 0 Å². The number of benzene rings is 2. The van der Waals surface area contributed by atoms with Gasteiger partial charge in [0, 0.05) is 21.2 Å². The normalized spacial score (nSPS) is 20.3. The molecule has 1 heterocycles. The van der Waals surface area contributed by atoms with E-state index >= 15 is 0 Å². The Balaban J connectivity index is 2.22. The molecule has 0 radical (unpaired) electrons. The van der Waals surface area contributed by atoms with Crippen molar-refractivity contribution in [2.45, 2.75) is 5.72 Å². The Hall–Kier alpha value is -1.90. The summed E-state index contributed by atoms with van der Waals surface area (Å²) in [5, 5.41) is 24.6. The van der Waals surface area contributed by atoms with Crippen LogP contribution in [0.15, 0.2) is 54.1 Å². The highest BCUT2D eigenvalue weighted by Gasteiger charge is 2.44. The molecule has 3 rings (SSSR count). The van der Waals surface area contributed by atoms with Crippen molar-refractivity contribution in [2.75, 3.05) is 0 Å². The van der Waals surface area contributed by atoms with Gasteiger partial charge in [0.1, 0.15) is 11.1 Å². The number of aliphatic hydroxyl groups is 1. The maximum Gasteiger partial charge on any atom is 0.191 e. The fourth-order valence-electron chi connectivity index (χ4n) is 2.57. The molecule has 0 amide bonds. The van der Waals surface area contributed by atoms with Gasteiger partial charge >= 0.3 is 0 Å². The summed E-state index contributed by atoms with van der Waals surface area (Å²) in [5.74, 6) is 0. The molecule has 0 aliphatic carbocycles. The van der Waals surface area contributed by atoms with Crippen LogP contribution in [0.25, 0.3) is 5.57 Å². The van der Waals surface area contributed by atoms with Crippen molar-refractivity contribution in [2.24, 2.45) is 0 Å². The van der Waals surface area contributed by atoms with Crippen molar-refractivity contribution in [1.29, 1.82) is 5.26 Å². The van der Waals surface area contributed by atoms with Gasteiger partial charge in [0.25, 0.3) is 0 Å². The number of rotatable bonds is 2. The van der Waals surface area contributed by atoms with Crippen LogP contribution >= 0.6 is 35.4 Å². The number of nitrogens with one attached hydrogen (secondary N) is 1. The molecular weight excluding hydrogens is 351 g/mol. The molecule has 0 spiro atoms. The first-order valence-corrected chi connectivity index (χ1v) is 7.84. The third-order valence-electron chi connectivity index (χ3n) is 3.64. The Labute approximate surface area is 148 Å². The van der Waals surface area contributed by atoms with E-state index in [2.05, 4.69) is 11.4 Å². The van der Waals surface area contributed by atoms with Crippen LogP contribution in [-0.4, -0.2) is 10.1 Å². The second-order valence-corrected chi connectivity index (χ2v) is 6.32. The molecule has 0 fully saturated rings. The zero-order valence-electron chi connectivity index (χ0n) is 11.7. The molecule has 0 bridgehead atoms. The lowest BCUT2D eigenvalue weighted by molar-refractivity contribution is 0.0895. The Morgan fingerprint density at radius 1 is 1.00 bits per heavy atom. The van der Waals surface area contributed by atoms with Gasteiger partial charge in [-0.3, -0.25) is 0 Å². The van der Waals surface area contributed by atoms with Crippen LogP contribution in [0.4, 0.5) is 0 Å². The Morgan fingerprint density at radius 2 is 1.52 bits per heavy atom. The molecule has 0 saturated heterocycles. The van der Waals surface area contributed by atoms with Gasteiger partial charge in [0.05, 0.1) is 5.57 Å². The van der Waals surface area contributed by atoms with Crippen molar-refractivity contribution in [3.05, 3.63) is 75.3 Å². The minimum atomic E-state index is -1.60. The molecule has 114 valence electrons. The first-order valence-electron chi connectivity index (χ1n) is 6.67. The third kappa shape index (κ3) is 2.73. The Kier molecular flexibility index (Phi) is 4.13. The summed E-state index contributed by atoms with van der Waals surface area (Å²) >= 11 is 17.0. The number of nitriles is 1. The fraction of sp³-hybridized carbons (Fsp3) is 0.0588. The van der Waals surface area contributed by atoms with Gasteiger partial charge < -0.3 is 10.4 Å². The van der Waals surface area contributed by atoms with Gasteiger partial charge in [0.15, 0.2) is 5.72 Å². The highest BCUT2D eigenvalue weighted by Crippen LogP contribution is 2.41. The van der Waals surface area contributed by atoms with E-state index < -0.39 is 5.72 Å². The quantitative estimate of drug-likeness (QED) is 0.793. The Morgan fingerprint density at radius 3 is 2.04 bits per heavy atom. The average Bonchev–Trinajstić information content (AvgIpc) is 2.80. The van der Waals surface area contributed by atoms with Gasteiger partial charge in [-0.15, -0.1) is 0 Å². The molecule has 23 heavy (non-hydrogen) atoms. The summed E-state index contributed by atoms with van der Waals surface area (Å²) in [4.78, 5) is 0.204. The number of hydrogen-bond donors (Lipinski definition) is 2. The molecule has 2 N–H and O–H groups in total. The van der Waals surface area contributed by atoms with Gasteiger partial charge in [-0.25, -0.2) is 0 Å². The zero-order chi connectivity index (χ0) is 16.6. The summed E-state index contributed by atoms with van der Waals surface area (Å²) in [5.41, 5.74) is 0.250. The van der Waals surface area contributed by atoms with E-state index in [0.29, 0.717) is 26.7 Å². The summed E-state index contributed by atoms with van der Waals surface area (Å²) in [6, 6.07) is 15.7. The zero-order valence-corrected chi connectivity index (χ0v) is 14.0. The van der Waals surface area contributed by atoms with Crippen molar-refractivity contribution >= 4 is 46.0 Å². The smallest absolute Gasteiger partial charge is 0.191 e. The van der Waals surface area contributed by atoms with Crippen molar-refractivity contribution in [3.8, 4) is 6.07 Å². The van der Waals surface area contributed by atoms with Gasteiger partial charge in [-0.2, -0.15) is 5.26 Å². The summed E-state index contributed by atoms with van der Waals surface area (Å²) in [7, 11) is 0. The maximum absolute atomic E-state index is 11.2. The predicted molar refractivity (Wildman–Crippen MR) is 95.1 cm³/mol.